The number of sulfonamides is 1. The quantitative estimate of drug-likeness (QED) is 0.726. The molecule has 2 aromatic carbocycles. The van der Waals surface area contributed by atoms with Crippen LogP contribution in [-0.2, 0) is 16.6 Å². The normalized spacial score (nSPS) is 11.3. The lowest BCUT2D eigenvalue weighted by Crippen LogP contribution is -2.30. The number of anilines is 1. The van der Waals surface area contributed by atoms with Crippen molar-refractivity contribution in [3.05, 3.63) is 60.2 Å². The Kier molecular flexibility index (Phi) is 6.92. The Labute approximate surface area is 155 Å². The van der Waals surface area contributed by atoms with Gasteiger partial charge in [0.25, 0.3) is 0 Å². The van der Waals surface area contributed by atoms with Crippen molar-refractivity contribution in [1.29, 1.82) is 0 Å². The van der Waals surface area contributed by atoms with E-state index in [0.29, 0.717) is 24.7 Å². The summed E-state index contributed by atoms with van der Waals surface area (Å²) in [6.07, 6.45) is 0. The Hall–Kier alpha value is -1.96. The maximum absolute atomic E-state index is 12.5. The van der Waals surface area contributed by atoms with Gasteiger partial charge in [0.05, 0.1) is 4.90 Å². The van der Waals surface area contributed by atoms with Crippen molar-refractivity contribution in [2.45, 2.75) is 25.3 Å². The highest BCUT2D eigenvalue weighted by Crippen LogP contribution is 2.18. The lowest BCUT2D eigenvalue weighted by Gasteiger charge is -2.18. The fourth-order valence-electron chi connectivity index (χ4n) is 2.38. The molecule has 0 unspecified atom stereocenters. The average molecular weight is 378 g/mol. The zero-order valence-electron chi connectivity index (χ0n) is 14.4. The Morgan fingerprint density at radius 1 is 1.00 bits per heavy atom. The first-order valence-corrected chi connectivity index (χ1v) is 10.0. The predicted molar refractivity (Wildman–Crippen MR) is 106 cm³/mol. The molecule has 0 atom stereocenters. The summed E-state index contributed by atoms with van der Waals surface area (Å²) < 4.78 is 26.3. The van der Waals surface area contributed by atoms with Crippen LogP contribution in [-0.4, -0.2) is 30.9 Å². The molecule has 0 saturated carbocycles. The summed E-state index contributed by atoms with van der Waals surface area (Å²) in [5.74, 6) is 0. The van der Waals surface area contributed by atoms with Crippen LogP contribution < -0.4 is 10.6 Å². The molecule has 0 aliphatic heterocycles. The van der Waals surface area contributed by atoms with Crippen LogP contribution in [0.5, 0.6) is 0 Å². The third-order valence-electron chi connectivity index (χ3n) is 3.75. The second-order valence-electron chi connectivity index (χ2n) is 5.41. The van der Waals surface area contributed by atoms with E-state index in [1.807, 2.05) is 44.2 Å². The van der Waals surface area contributed by atoms with E-state index in [4.69, 9.17) is 12.2 Å². The van der Waals surface area contributed by atoms with Gasteiger partial charge in [-0.05, 0) is 42.0 Å². The van der Waals surface area contributed by atoms with Crippen LogP contribution in [0.25, 0.3) is 0 Å². The van der Waals surface area contributed by atoms with Crippen molar-refractivity contribution < 1.29 is 8.42 Å². The third kappa shape index (κ3) is 5.26. The molecule has 0 amide bonds. The molecule has 0 spiro atoms. The highest BCUT2D eigenvalue weighted by Gasteiger charge is 2.21. The van der Waals surface area contributed by atoms with Gasteiger partial charge in [-0.1, -0.05) is 44.2 Å². The molecule has 134 valence electrons. The van der Waals surface area contributed by atoms with Gasteiger partial charge in [-0.15, -0.1) is 0 Å². The summed E-state index contributed by atoms with van der Waals surface area (Å²) in [6.45, 7) is 5.18. The smallest absolute Gasteiger partial charge is 0.243 e. The van der Waals surface area contributed by atoms with Crippen molar-refractivity contribution in [1.82, 2.24) is 9.62 Å². The maximum Gasteiger partial charge on any atom is 0.243 e. The summed E-state index contributed by atoms with van der Waals surface area (Å²) in [5.41, 5.74) is 1.87. The van der Waals surface area contributed by atoms with Gasteiger partial charge in [0.15, 0.2) is 5.11 Å². The molecule has 0 fully saturated rings. The summed E-state index contributed by atoms with van der Waals surface area (Å²) in [7, 11) is -3.44. The number of rotatable bonds is 7. The van der Waals surface area contributed by atoms with Crippen LogP contribution in [0.3, 0.4) is 0 Å². The van der Waals surface area contributed by atoms with Gasteiger partial charge in [0.1, 0.15) is 0 Å². The first kappa shape index (κ1) is 19.4. The van der Waals surface area contributed by atoms with Gasteiger partial charge in [-0.25, -0.2) is 8.42 Å². The Bertz CT molecular complexity index is 787. The molecule has 0 aromatic heterocycles. The van der Waals surface area contributed by atoms with E-state index in [1.165, 1.54) is 4.31 Å². The highest BCUT2D eigenvalue weighted by molar-refractivity contribution is 7.89. The molecule has 2 rings (SSSR count). The fraction of sp³-hybridized carbons (Fsp3) is 0.278. The van der Waals surface area contributed by atoms with Crippen LogP contribution in [0.2, 0.25) is 0 Å². The molecule has 2 aromatic rings. The first-order valence-electron chi connectivity index (χ1n) is 8.16. The molecule has 5 nitrogen and oxygen atoms in total. The van der Waals surface area contributed by atoms with Crippen LogP contribution >= 0.6 is 12.2 Å². The number of benzene rings is 2. The van der Waals surface area contributed by atoms with E-state index in [2.05, 4.69) is 10.6 Å². The van der Waals surface area contributed by atoms with Gasteiger partial charge in [0, 0.05) is 25.3 Å². The zero-order valence-corrected chi connectivity index (χ0v) is 16.0. The Morgan fingerprint density at radius 2 is 1.60 bits per heavy atom. The van der Waals surface area contributed by atoms with Gasteiger partial charge in [-0.2, -0.15) is 4.31 Å². The molecule has 0 heterocycles. The van der Waals surface area contributed by atoms with Crippen molar-refractivity contribution in [3.63, 3.8) is 0 Å². The molecule has 25 heavy (non-hydrogen) atoms. The predicted octanol–water partition coefficient (Wildman–Crippen LogP) is 3.20. The van der Waals surface area contributed by atoms with Crippen LogP contribution in [0.1, 0.15) is 19.4 Å². The van der Waals surface area contributed by atoms with Gasteiger partial charge in [0.2, 0.25) is 10.0 Å². The number of thiocarbonyl (C=S) groups is 1. The standard InChI is InChI=1S/C18H23N3O2S2/c1-3-21(4-2)25(22,23)17-12-10-16(11-13-17)20-18(24)19-14-15-8-6-5-7-9-15/h5-13H,3-4,14H2,1-2H3,(H2,19,20,24). The van der Waals surface area contributed by atoms with Crippen LogP contribution in [0, 0.1) is 0 Å². The lowest BCUT2D eigenvalue weighted by atomic mass is 10.2. The zero-order chi connectivity index (χ0) is 18.3. The summed E-state index contributed by atoms with van der Waals surface area (Å²) in [5, 5.41) is 6.67. The van der Waals surface area contributed by atoms with E-state index in [0.717, 1.165) is 11.3 Å². The third-order valence-corrected chi connectivity index (χ3v) is 6.06. The summed E-state index contributed by atoms with van der Waals surface area (Å²) in [6, 6.07) is 16.6. The molecule has 0 bridgehead atoms. The molecule has 0 saturated heterocycles. The van der Waals surface area contributed by atoms with Crippen molar-refractivity contribution >= 4 is 33.0 Å². The number of nitrogens with zero attached hydrogens (tertiary/aromatic N) is 1. The van der Waals surface area contributed by atoms with Crippen molar-refractivity contribution in [3.8, 4) is 0 Å². The monoisotopic (exact) mass is 377 g/mol. The van der Waals surface area contributed by atoms with Gasteiger partial charge in [-0.3, -0.25) is 0 Å². The van der Waals surface area contributed by atoms with Gasteiger partial charge < -0.3 is 10.6 Å². The largest absolute Gasteiger partial charge is 0.358 e. The lowest BCUT2D eigenvalue weighted by molar-refractivity contribution is 0.445. The van der Waals surface area contributed by atoms with E-state index < -0.39 is 10.0 Å². The molecule has 7 heteroatoms. The minimum Gasteiger partial charge on any atom is -0.358 e. The second kappa shape index (κ2) is 8.94. The Balaban J connectivity index is 1.97. The second-order valence-corrected chi connectivity index (χ2v) is 7.75. The molecular weight excluding hydrogens is 354 g/mol. The van der Waals surface area contributed by atoms with Crippen LogP contribution in [0.4, 0.5) is 5.69 Å². The first-order chi connectivity index (χ1) is 12.0. The SMILES string of the molecule is CCN(CC)S(=O)(=O)c1ccc(NC(=S)NCc2ccccc2)cc1. The number of nitrogens with one attached hydrogen (secondary N) is 2. The molecule has 0 aliphatic rings. The summed E-state index contributed by atoms with van der Waals surface area (Å²) in [4.78, 5) is 0.282. The maximum atomic E-state index is 12.5. The number of hydrogen-bond donors (Lipinski definition) is 2. The fourth-order valence-corrected chi connectivity index (χ4v) is 4.02. The molecular formula is C18H23N3O2S2. The molecule has 2 N–H and O–H groups in total. The van der Waals surface area contributed by atoms with E-state index in [-0.39, 0.29) is 4.90 Å². The minimum absolute atomic E-state index is 0.282. The van der Waals surface area contributed by atoms with Gasteiger partial charge >= 0.3 is 0 Å². The minimum atomic E-state index is -3.44. The van der Waals surface area contributed by atoms with E-state index in [1.54, 1.807) is 24.3 Å². The van der Waals surface area contributed by atoms with Crippen LogP contribution in [0.15, 0.2) is 59.5 Å². The molecule has 0 aliphatic carbocycles. The summed E-state index contributed by atoms with van der Waals surface area (Å²) >= 11 is 5.27. The topological polar surface area (TPSA) is 61.4 Å². The average Bonchev–Trinajstić information content (AvgIpc) is 2.62. The van der Waals surface area contributed by atoms with E-state index in [9.17, 15) is 8.42 Å². The van der Waals surface area contributed by atoms with Crippen molar-refractivity contribution in [2.75, 3.05) is 18.4 Å². The highest BCUT2D eigenvalue weighted by atomic mass is 32.2. The van der Waals surface area contributed by atoms with Crippen molar-refractivity contribution in [2.24, 2.45) is 0 Å². The molecule has 0 radical (unpaired) electrons. The Morgan fingerprint density at radius 3 is 2.16 bits per heavy atom. The van der Waals surface area contributed by atoms with E-state index >= 15 is 0 Å². The number of hydrogen-bond acceptors (Lipinski definition) is 3.